The topological polar surface area (TPSA) is 20.2 Å². The van der Waals surface area contributed by atoms with E-state index in [0.29, 0.717) is 0 Å². The summed E-state index contributed by atoms with van der Waals surface area (Å²) in [7, 11) is 0. The molecule has 5 aromatic rings. The van der Waals surface area contributed by atoms with Crippen LogP contribution < -0.4 is 0 Å². The van der Waals surface area contributed by atoms with Crippen LogP contribution in [-0.4, -0.2) is 5.11 Å². The van der Waals surface area contributed by atoms with Gasteiger partial charge in [0.15, 0.2) is 0 Å². The summed E-state index contributed by atoms with van der Waals surface area (Å²) < 4.78 is 0. The first-order valence-electron chi connectivity index (χ1n) is 21.1. The molecule has 0 unspecified atom stereocenters. The Labute approximate surface area is 343 Å². The molecule has 6 heteroatoms. The van der Waals surface area contributed by atoms with Gasteiger partial charge in [-0.25, -0.2) is 0 Å². The summed E-state index contributed by atoms with van der Waals surface area (Å²) in [5, 5.41) is 9.89. The van der Waals surface area contributed by atoms with E-state index in [4.69, 9.17) is 0 Å². The van der Waals surface area contributed by atoms with Crippen molar-refractivity contribution < 1.29 is 5.11 Å². The van der Waals surface area contributed by atoms with E-state index in [9.17, 15) is 5.11 Å². The summed E-state index contributed by atoms with van der Waals surface area (Å²) in [5.74, 6) is 0. The van der Waals surface area contributed by atoms with Crippen molar-refractivity contribution >= 4 is 56.7 Å². The van der Waals surface area contributed by atoms with E-state index in [1.807, 2.05) is 56.7 Å². The summed E-state index contributed by atoms with van der Waals surface area (Å²) in [6, 6.07) is 16.6. The molecular formula is C47H66OS5. The fraction of sp³-hybridized carbons (Fsp3) is 0.574. The molecule has 0 bridgehead atoms. The maximum Gasteiger partial charge on any atom is 0.0692 e. The Morgan fingerprint density at radius 3 is 1.26 bits per heavy atom. The first-order chi connectivity index (χ1) is 26.0. The molecule has 0 radical (unpaired) electrons. The third-order valence-corrected chi connectivity index (χ3v) is 17.0. The first-order valence-corrected chi connectivity index (χ1v) is 25.2. The molecule has 1 N–H and O–H groups in total. The second-order valence-electron chi connectivity index (χ2n) is 15.2. The lowest BCUT2D eigenvalue weighted by Crippen LogP contribution is -1.86. The zero-order valence-corrected chi connectivity index (χ0v) is 37.4. The number of thiophene rings is 5. The molecule has 0 fully saturated rings. The number of aliphatic hydroxyl groups is 1. The van der Waals surface area contributed by atoms with Crippen molar-refractivity contribution in [1.29, 1.82) is 0 Å². The Morgan fingerprint density at radius 1 is 0.396 bits per heavy atom. The number of unbranched alkanes of at least 4 members (excludes halogenated alkanes) is 18. The van der Waals surface area contributed by atoms with Gasteiger partial charge in [0.05, 0.1) is 6.61 Å². The van der Waals surface area contributed by atoms with Crippen molar-refractivity contribution in [3.8, 4) is 39.0 Å². The molecule has 0 saturated carbocycles. The van der Waals surface area contributed by atoms with Gasteiger partial charge < -0.3 is 5.11 Å². The van der Waals surface area contributed by atoms with Crippen molar-refractivity contribution in [3.63, 3.8) is 0 Å². The van der Waals surface area contributed by atoms with Gasteiger partial charge in [0.25, 0.3) is 0 Å². The smallest absolute Gasteiger partial charge is 0.0692 e. The molecule has 5 aromatic heterocycles. The number of aliphatic hydroxyl groups excluding tert-OH is 1. The monoisotopic (exact) mass is 806 g/mol. The Hall–Kier alpha value is -1.54. The number of hydrogen-bond donors (Lipinski definition) is 1. The minimum atomic E-state index is 0.120. The van der Waals surface area contributed by atoms with Crippen LogP contribution in [0.5, 0.6) is 0 Å². The van der Waals surface area contributed by atoms with Crippen molar-refractivity contribution in [2.24, 2.45) is 0 Å². The maximum atomic E-state index is 9.89. The molecule has 0 amide bonds. The highest BCUT2D eigenvalue weighted by atomic mass is 32.1. The molecule has 0 aliphatic heterocycles. The van der Waals surface area contributed by atoms with Crippen molar-refractivity contribution in [1.82, 2.24) is 0 Å². The fourth-order valence-electron chi connectivity index (χ4n) is 7.49. The van der Waals surface area contributed by atoms with Gasteiger partial charge in [0.1, 0.15) is 0 Å². The van der Waals surface area contributed by atoms with Crippen LogP contribution >= 0.6 is 56.7 Å². The van der Waals surface area contributed by atoms with Gasteiger partial charge in [-0.2, -0.15) is 0 Å². The van der Waals surface area contributed by atoms with E-state index in [-0.39, 0.29) is 6.61 Å². The second-order valence-corrected chi connectivity index (χ2v) is 21.0. The molecule has 0 aliphatic rings. The van der Waals surface area contributed by atoms with Crippen LogP contribution in [0.15, 0.2) is 42.5 Å². The quantitative estimate of drug-likeness (QED) is 0.0524. The van der Waals surface area contributed by atoms with E-state index >= 15 is 0 Å². The molecule has 0 aliphatic carbocycles. The summed E-state index contributed by atoms with van der Waals surface area (Å²) in [6.07, 6.45) is 30.0. The maximum absolute atomic E-state index is 9.89. The van der Waals surface area contributed by atoms with Crippen LogP contribution in [-0.2, 0) is 19.4 Å². The van der Waals surface area contributed by atoms with E-state index in [1.54, 1.807) is 5.56 Å². The molecule has 5 heterocycles. The lowest BCUT2D eigenvalue weighted by atomic mass is 10.0. The Morgan fingerprint density at radius 2 is 0.792 bits per heavy atom. The van der Waals surface area contributed by atoms with E-state index in [2.05, 4.69) is 70.2 Å². The van der Waals surface area contributed by atoms with Gasteiger partial charge in [-0.05, 0) is 98.7 Å². The molecule has 1 nitrogen and oxygen atoms in total. The third kappa shape index (κ3) is 13.3. The highest BCUT2D eigenvalue weighted by molar-refractivity contribution is 7.29. The molecule has 0 aromatic carbocycles. The Bertz CT molecular complexity index is 1740. The van der Waals surface area contributed by atoms with Gasteiger partial charge in [-0.1, -0.05) is 129 Å². The Kier molecular flexibility index (Phi) is 18.9. The lowest BCUT2D eigenvalue weighted by Gasteiger charge is -2.04. The van der Waals surface area contributed by atoms with Crippen LogP contribution in [0.1, 0.15) is 169 Å². The normalized spacial score (nSPS) is 11.7. The van der Waals surface area contributed by atoms with Crippen LogP contribution in [0.4, 0.5) is 0 Å². The molecule has 5 rings (SSSR count). The first kappa shape index (κ1) is 42.6. The van der Waals surface area contributed by atoms with Gasteiger partial charge >= 0.3 is 0 Å². The predicted octanol–water partition coefficient (Wildman–Crippen LogP) is 17.7. The predicted molar refractivity (Wildman–Crippen MR) is 244 cm³/mol. The second kappa shape index (κ2) is 23.5. The minimum Gasteiger partial charge on any atom is -0.392 e. The van der Waals surface area contributed by atoms with Gasteiger partial charge in [0.2, 0.25) is 0 Å². The average Bonchev–Trinajstić information content (AvgIpc) is 4.00. The van der Waals surface area contributed by atoms with Crippen LogP contribution in [0.25, 0.3) is 39.0 Å². The van der Waals surface area contributed by atoms with Crippen LogP contribution in [0.3, 0.4) is 0 Å². The van der Waals surface area contributed by atoms with Crippen molar-refractivity contribution in [2.45, 2.75) is 176 Å². The molecule has 53 heavy (non-hydrogen) atoms. The largest absolute Gasteiger partial charge is 0.392 e. The average molecular weight is 807 g/mol. The molecule has 0 atom stereocenters. The minimum absolute atomic E-state index is 0.120. The summed E-state index contributed by atoms with van der Waals surface area (Å²) in [6.45, 7) is 9.14. The van der Waals surface area contributed by atoms with Gasteiger partial charge in [-0.15, -0.1) is 56.7 Å². The van der Waals surface area contributed by atoms with Gasteiger partial charge in [0, 0.05) is 48.8 Å². The Balaban J connectivity index is 1.20. The summed E-state index contributed by atoms with van der Waals surface area (Å²) in [5.41, 5.74) is 4.13. The summed E-state index contributed by atoms with van der Waals surface area (Å²) in [4.78, 5) is 13.9. The highest BCUT2D eigenvalue weighted by Gasteiger charge is 2.18. The van der Waals surface area contributed by atoms with E-state index in [1.165, 1.54) is 189 Å². The van der Waals surface area contributed by atoms with E-state index < -0.39 is 0 Å². The lowest BCUT2D eigenvalue weighted by molar-refractivity contribution is 0.281. The zero-order valence-electron chi connectivity index (χ0n) is 33.3. The van der Waals surface area contributed by atoms with Crippen LogP contribution in [0.2, 0.25) is 0 Å². The standard InChI is InChI=1S/C47H66OS5/c1-5-7-9-11-13-15-17-19-21-23-25-37-31-35(3)49-46(37)42-29-27-40(51-42)41-28-30-43(52-41)47-38(26-24-22-20-18-16-14-12-10-8-6-2)32-45(53-47)44-33-39(34-48)36(4)50-44/h27-33,48H,5-26,34H2,1-4H3. The van der Waals surface area contributed by atoms with Gasteiger partial charge in [-0.3, -0.25) is 0 Å². The zero-order chi connectivity index (χ0) is 37.3. The SMILES string of the molecule is CCCCCCCCCCCCc1cc(C)sc1-c1ccc(-c2ccc(-c3sc(-c4cc(CO)c(C)s4)cc3CCCCCCCCCCCC)s2)s1. The number of rotatable bonds is 27. The summed E-state index contributed by atoms with van der Waals surface area (Å²) >= 11 is 9.71. The number of aryl methyl sites for hydroxylation is 4. The molecule has 0 spiro atoms. The van der Waals surface area contributed by atoms with E-state index in [0.717, 1.165) is 12.0 Å². The molecule has 290 valence electrons. The third-order valence-electron chi connectivity index (χ3n) is 10.7. The van der Waals surface area contributed by atoms with Crippen LogP contribution in [0, 0.1) is 13.8 Å². The van der Waals surface area contributed by atoms with Crippen molar-refractivity contribution in [3.05, 3.63) is 68.9 Å². The van der Waals surface area contributed by atoms with Crippen molar-refractivity contribution in [2.75, 3.05) is 0 Å². The fourth-order valence-corrected chi connectivity index (χ4v) is 13.3. The highest BCUT2D eigenvalue weighted by Crippen LogP contribution is 2.47. The molecule has 0 saturated heterocycles. The molecular weight excluding hydrogens is 741 g/mol. The number of hydrogen-bond acceptors (Lipinski definition) is 6.